The van der Waals surface area contributed by atoms with Crippen LogP contribution < -0.4 is 4.90 Å². The van der Waals surface area contributed by atoms with E-state index in [9.17, 15) is 4.79 Å². The van der Waals surface area contributed by atoms with Crippen LogP contribution in [-0.2, 0) is 22.5 Å². The summed E-state index contributed by atoms with van der Waals surface area (Å²) in [5.74, 6) is 2.64. The van der Waals surface area contributed by atoms with Gasteiger partial charge in [0.1, 0.15) is 6.04 Å². The first-order valence-electron chi connectivity index (χ1n) is 11.0. The topological polar surface area (TPSA) is 65.0 Å². The van der Waals surface area contributed by atoms with Crippen molar-refractivity contribution in [3.63, 3.8) is 0 Å². The maximum atomic E-state index is 13.2. The van der Waals surface area contributed by atoms with Crippen LogP contribution in [-0.4, -0.2) is 103 Å². The number of fused-ring (bicyclic) bond motifs is 2. The van der Waals surface area contributed by atoms with Gasteiger partial charge >= 0.3 is 0 Å². The molecule has 0 saturated carbocycles. The first kappa shape index (κ1) is 19.2. The zero-order valence-electron chi connectivity index (χ0n) is 17.6. The van der Waals surface area contributed by atoms with Crippen molar-refractivity contribution in [2.75, 3.05) is 71.0 Å². The molecular formula is C21H32N6O2. The summed E-state index contributed by atoms with van der Waals surface area (Å²) >= 11 is 0. The van der Waals surface area contributed by atoms with E-state index in [2.05, 4.69) is 44.9 Å². The number of rotatable bonds is 3. The van der Waals surface area contributed by atoms with Crippen LogP contribution in [0.1, 0.15) is 18.2 Å². The van der Waals surface area contributed by atoms with Crippen LogP contribution in [0.25, 0.3) is 0 Å². The molecule has 0 aromatic carbocycles. The van der Waals surface area contributed by atoms with Crippen molar-refractivity contribution < 1.29 is 9.53 Å². The predicted octanol–water partition coefficient (Wildman–Crippen LogP) is 0.0798. The second-order valence-electron chi connectivity index (χ2n) is 9.05. The normalized spacial score (nSPS) is 30.5. The Bertz CT molecular complexity index is 760. The van der Waals surface area contributed by atoms with Gasteiger partial charge in [-0.25, -0.2) is 0 Å². The van der Waals surface area contributed by atoms with Gasteiger partial charge in [0.05, 0.1) is 18.9 Å². The Kier molecular flexibility index (Phi) is 5.17. The summed E-state index contributed by atoms with van der Waals surface area (Å²) in [4.78, 5) is 22.2. The Hall–Kier alpha value is -1.77. The highest BCUT2D eigenvalue weighted by Gasteiger charge is 2.39. The highest BCUT2D eigenvalue weighted by molar-refractivity contribution is 5.82. The highest BCUT2D eigenvalue weighted by Crippen LogP contribution is 2.33. The zero-order chi connectivity index (χ0) is 20.0. The van der Waals surface area contributed by atoms with Crippen LogP contribution in [0.4, 0.5) is 5.82 Å². The summed E-state index contributed by atoms with van der Waals surface area (Å²) in [6.07, 6.45) is 0.782. The molecular weight excluding hydrogens is 368 g/mol. The van der Waals surface area contributed by atoms with E-state index in [1.807, 2.05) is 4.90 Å². The lowest BCUT2D eigenvalue weighted by Crippen LogP contribution is -2.55. The lowest BCUT2D eigenvalue weighted by Gasteiger charge is -2.38. The van der Waals surface area contributed by atoms with Crippen LogP contribution in [0.15, 0.2) is 6.07 Å². The number of anilines is 1. The number of aromatic nitrogens is 2. The van der Waals surface area contributed by atoms with Crippen molar-refractivity contribution in [1.82, 2.24) is 24.9 Å². The Morgan fingerprint density at radius 1 is 1.17 bits per heavy atom. The van der Waals surface area contributed by atoms with Gasteiger partial charge in [-0.2, -0.15) is 5.10 Å². The molecule has 0 radical (unpaired) electrons. The molecule has 5 heterocycles. The average Bonchev–Trinajstić information content (AvgIpc) is 3.30. The van der Waals surface area contributed by atoms with Crippen molar-refractivity contribution in [3.05, 3.63) is 17.3 Å². The third-order valence-corrected chi connectivity index (χ3v) is 7.16. The Morgan fingerprint density at radius 2 is 1.97 bits per heavy atom. The molecule has 4 aliphatic rings. The number of morpholine rings is 1. The molecule has 158 valence electrons. The lowest BCUT2D eigenvalue weighted by atomic mass is 10.0. The number of hydrogen-bond donors (Lipinski definition) is 0. The van der Waals surface area contributed by atoms with E-state index in [-0.39, 0.29) is 11.9 Å². The number of amides is 1. The van der Waals surface area contributed by atoms with Crippen LogP contribution in [0, 0.1) is 11.8 Å². The maximum absolute atomic E-state index is 13.2. The minimum atomic E-state index is -0.153. The first-order chi connectivity index (χ1) is 14.1. The van der Waals surface area contributed by atoms with Gasteiger partial charge in [0, 0.05) is 52.2 Å². The number of likely N-dealkylation sites (tertiary alicyclic amines) is 1. The van der Waals surface area contributed by atoms with E-state index < -0.39 is 0 Å². The fraction of sp³-hybridized carbons (Fsp3) is 0.762. The summed E-state index contributed by atoms with van der Waals surface area (Å²) < 4.78 is 5.60. The molecule has 8 heteroatoms. The molecule has 1 unspecified atom stereocenters. The van der Waals surface area contributed by atoms with Gasteiger partial charge in [0.15, 0.2) is 5.82 Å². The molecule has 0 bridgehead atoms. The van der Waals surface area contributed by atoms with E-state index in [4.69, 9.17) is 4.74 Å². The van der Waals surface area contributed by atoms with Gasteiger partial charge in [0.2, 0.25) is 5.91 Å². The third kappa shape index (κ3) is 3.62. The van der Waals surface area contributed by atoms with E-state index >= 15 is 0 Å². The van der Waals surface area contributed by atoms with E-state index in [1.54, 1.807) is 0 Å². The number of hydrogen-bond acceptors (Lipinski definition) is 7. The van der Waals surface area contributed by atoms with Crippen LogP contribution in [0.2, 0.25) is 0 Å². The molecule has 8 nitrogen and oxygen atoms in total. The number of nitrogens with zero attached hydrogens (tertiary/aromatic N) is 6. The number of likely N-dealkylation sites (N-methyl/N-ethyl adjacent to an activating group) is 1. The molecule has 3 saturated heterocycles. The Balaban J connectivity index is 1.29. The molecule has 1 aromatic heterocycles. The fourth-order valence-corrected chi connectivity index (χ4v) is 5.53. The van der Waals surface area contributed by atoms with Crippen molar-refractivity contribution in [2.24, 2.45) is 11.8 Å². The van der Waals surface area contributed by atoms with Crippen LogP contribution in [0.5, 0.6) is 0 Å². The molecule has 0 spiro atoms. The largest absolute Gasteiger partial charge is 0.378 e. The lowest BCUT2D eigenvalue weighted by molar-refractivity contribution is -0.144. The summed E-state index contributed by atoms with van der Waals surface area (Å²) in [7, 11) is 2.21. The minimum Gasteiger partial charge on any atom is -0.378 e. The minimum absolute atomic E-state index is 0.153. The predicted molar refractivity (Wildman–Crippen MR) is 110 cm³/mol. The molecule has 3 fully saturated rings. The molecule has 1 amide bonds. The van der Waals surface area contributed by atoms with Crippen molar-refractivity contribution >= 4 is 11.7 Å². The van der Waals surface area contributed by atoms with Gasteiger partial charge in [-0.15, -0.1) is 5.10 Å². The standard InChI is InChI=1S/C21H32N6O2/c1-3-25-6-7-29-14-19(25)21(28)26-5-4-18-15(11-26)8-20(23-22-18)27-12-16-9-24(2)10-17(16)13-27/h8,16-17,19H,3-7,9-14H2,1-2H3/t16-,17+,19?. The van der Waals surface area contributed by atoms with Crippen molar-refractivity contribution in [1.29, 1.82) is 0 Å². The fourth-order valence-electron chi connectivity index (χ4n) is 5.53. The van der Waals surface area contributed by atoms with E-state index in [0.717, 1.165) is 61.5 Å². The highest BCUT2D eigenvalue weighted by atomic mass is 16.5. The first-order valence-corrected chi connectivity index (χ1v) is 11.0. The quantitative estimate of drug-likeness (QED) is 0.712. The summed E-state index contributed by atoms with van der Waals surface area (Å²) in [5, 5.41) is 9.07. The monoisotopic (exact) mass is 400 g/mol. The van der Waals surface area contributed by atoms with Crippen molar-refractivity contribution in [3.8, 4) is 0 Å². The second kappa shape index (κ2) is 7.81. The van der Waals surface area contributed by atoms with Crippen LogP contribution in [0.3, 0.4) is 0 Å². The zero-order valence-corrected chi connectivity index (χ0v) is 17.6. The van der Waals surface area contributed by atoms with Gasteiger partial charge in [-0.3, -0.25) is 9.69 Å². The second-order valence-corrected chi connectivity index (χ2v) is 9.05. The van der Waals surface area contributed by atoms with Gasteiger partial charge < -0.3 is 19.4 Å². The van der Waals surface area contributed by atoms with Gasteiger partial charge in [0.25, 0.3) is 0 Å². The Morgan fingerprint density at radius 3 is 2.72 bits per heavy atom. The van der Waals surface area contributed by atoms with Crippen molar-refractivity contribution in [2.45, 2.75) is 25.9 Å². The molecule has 0 N–H and O–H groups in total. The SMILES string of the molecule is CCN1CCOCC1C(=O)N1CCc2nnc(N3C[C@H]4CN(C)C[C@H]4C3)cc2C1. The van der Waals surface area contributed by atoms with Gasteiger partial charge in [-0.05, 0) is 37.1 Å². The third-order valence-electron chi connectivity index (χ3n) is 7.16. The van der Waals surface area contributed by atoms with E-state index in [1.165, 1.54) is 13.1 Å². The molecule has 4 aliphatic heterocycles. The van der Waals surface area contributed by atoms with Gasteiger partial charge in [-0.1, -0.05) is 6.92 Å². The van der Waals surface area contributed by atoms with E-state index in [0.29, 0.717) is 26.3 Å². The van der Waals surface area contributed by atoms with Crippen LogP contribution >= 0.6 is 0 Å². The molecule has 5 rings (SSSR count). The summed E-state index contributed by atoms with van der Waals surface area (Å²) in [6.45, 7) is 10.9. The average molecular weight is 401 g/mol. The maximum Gasteiger partial charge on any atom is 0.242 e. The summed E-state index contributed by atoms with van der Waals surface area (Å²) in [5.41, 5.74) is 2.20. The smallest absolute Gasteiger partial charge is 0.242 e. The molecule has 1 aromatic rings. The molecule has 29 heavy (non-hydrogen) atoms. The number of ether oxygens (including phenoxy) is 1. The number of carbonyl (C=O) groups is 1. The molecule has 0 aliphatic carbocycles. The number of carbonyl (C=O) groups excluding carboxylic acids is 1. The summed E-state index contributed by atoms with van der Waals surface area (Å²) in [6, 6.07) is 2.03. The Labute approximate surface area is 172 Å². The molecule has 3 atom stereocenters.